The zero-order chi connectivity index (χ0) is 25.1. The third-order valence-electron chi connectivity index (χ3n) is 5.21. The molecule has 192 valence electrons. The number of esters is 2. The summed E-state index contributed by atoms with van der Waals surface area (Å²) in [5.41, 5.74) is 0. The fraction of sp³-hybridized carbons (Fsp3) is 0.800. The Labute approximate surface area is 199 Å². The maximum Gasteiger partial charge on any atom is 0.366 e. The van der Waals surface area contributed by atoms with Gasteiger partial charge in [-0.25, -0.2) is 9.59 Å². The molecule has 0 spiro atoms. The van der Waals surface area contributed by atoms with Gasteiger partial charge in [0.25, 0.3) is 0 Å². The standard InChI is InChI=1S/C25H46NO7/c1-6-7-14-18-23(32-25(30)20-26(3,4)33-21(2)27)22(28)17-15-12-10-8-9-11-13-16-19-24(29)31-5/h12,15,22-23,28H,6-11,13-14,16-20H2,1-5H3/q+1/b15-12-. The summed E-state index contributed by atoms with van der Waals surface area (Å²) in [5.74, 6) is -1.13. The van der Waals surface area contributed by atoms with Crippen LogP contribution in [0.3, 0.4) is 0 Å². The van der Waals surface area contributed by atoms with Crippen LogP contribution in [-0.2, 0) is 28.7 Å². The molecule has 0 bridgehead atoms. The van der Waals surface area contributed by atoms with Crippen LogP contribution in [0.5, 0.6) is 0 Å². The predicted octanol–water partition coefficient (Wildman–Crippen LogP) is 4.24. The minimum Gasteiger partial charge on any atom is -0.469 e. The molecular weight excluding hydrogens is 426 g/mol. The van der Waals surface area contributed by atoms with E-state index in [-0.39, 0.29) is 17.2 Å². The number of aliphatic hydroxyl groups excluding tert-OH is 1. The Hall–Kier alpha value is -1.93. The number of likely N-dealkylation sites (N-methyl/N-ethyl adjacent to an activating group) is 1. The molecule has 0 aliphatic carbocycles. The molecule has 0 aromatic rings. The summed E-state index contributed by atoms with van der Waals surface area (Å²) in [5, 5.41) is 10.6. The van der Waals surface area contributed by atoms with Gasteiger partial charge in [0, 0.05) is 13.3 Å². The zero-order valence-electron chi connectivity index (χ0n) is 21.3. The molecule has 0 heterocycles. The van der Waals surface area contributed by atoms with Crippen molar-refractivity contribution in [3.05, 3.63) is 12.2 Å². The smallest absolute Gasteiger partial charge is 0.366 e. The molecule has 0 saturated carbocycles. The van der Waals surface area contributed by atoms with Crippen molar-refractivity contribution in [2.75, 3.05) is 27.7 Å². The van der Waals surface area contributed by atoms with Crippen molar-refractivity contribution in [1.82, 2.24) is 0 Å². The summed E-state index contributed by atoms with van der Waals surface area (Å²) in [4.78, 5) is 39.7. The largest absolute Gasteiger partial charge is 0.469 e. The quantitative estimate of drug-likeness (QED) is 0.0986. The van der Waals surface area contributed by atoms with Crippen molar-refractivity contribution in [1.29, 1.82) is 0 Å². The van der Waals surface area contributed by atoms with Crippen LogP contribution in [0.1, 0.15) is 90.9 Å². The lowest BCUT2D eigenvalue weighted by molar-refractivity contribution is -1.05. The van der Waals surface area contributed by atoms with Crippen LogP contribution in [0.2, 0.25) is 0 Å². The molecule has 0 radical (unpaired) electrons. The van der Waals surface area contributed by atoms with Gasteiger partial charge in [-0.3, -0.25) is 9.63 Å². The molecule has 0 aromatic carbocycles. The van der Waals surface area contributed by atoms with Gasteiger partial charge in [-0.1, -0.05) is 51.2 Å². The summed E-state index contributed by atoms with van der Waals surface area (Å²) in [6.07, 6.45) is 13.1. The average Bonchev–Trinajstić information content (AvgIpc) is 2.72. The van der Waals surface area contributed by atoms with Gasteiger partial charge in [0.2, 0.25) is 6.54 Å². The van der Waals surface area contributed by atoms with E-state index in [0.29, 0.717) is 19.3 Å². The van der Waals surface area contributed by atoms with Crippen molar-refractivity contribution in [2.45, 2.75) is 103 Å². The van der Waals surface area contributed by atoms with Gasteiger partial charge in [0.15, 0.2) is 0 Å². The van der Waals surface area contributed by atoms with Crippen molar-refractivity contribution in [2.24, 2.45) is 0 Å². The van der Waals surface area contributed by atoms with E-state index in [1.807, 2.05) is 6.08 Å². The highest BCUT2D eigenvalue weighted by Crippen LogP contribution is 2.16. The molecule has 0 saturated heterocycles. The van der Waals surface area contributed by atoms with Crippen LogP contribution in [0.15, 0.2) is 12.2 Å². The number of rotatable bonds is 19. The number of ether oxygens (including phenoxy) is 2. The first-order chi connectivity index (χ1) is 15.6. The van der Waals surface area contributed by atoms with Crippen molar-refractivity contribution in [3.63, 3.8) is 0 Å². The Morgan fingerprint density at radius 2 is 1.61 bits per heavy atom. The van der Waals surface area contributed by atoms with Crippen LogP contribution in [0.25, 0.3) is 0 Å². The number of hydrogen-bond donors (Lipinski definition) is 1. The number of nitrogens with zero attached hydrogens (tertiary/aromatic N) is 1. The minimum atomic E-state index is -0.773. The van der Waals surface area contributed by atoms with Crippen molar-refractivity contribution < 1.29 is 38.4 Å². The highest BCUT2D eigenvalue weighted by Gasteiger charge is 2.29. The van der Waals surface area contributed by atoms with E-state index in [9.17, 15) is 19.5 Å². The molecule has 2 atom stereocenters. The molecule has 0 rings (SSSR count). The second-order valence-electron chi connectivity index (χ2n) is 9.00. The highest BCUT2D eigenvalue weighted by atomic mass is 16.7. The lowest BCUT2D eigenvalue weighted by Gasteiger charge is -2.27. The summed E-state index contributed by atoms with van der Waals surface area (Å²) < 4.78 is 9.94. The van der Waals surface area contributed by atoms with E-state index in [0.717, 1.165) is 57.8 Å². The van der Waals surface area contributed by atoms with E-state index in [2.05, 4.69) is 17.7 Å². The molecule has 8 heteroatoms. The van der Waals surface area contributed by atoms with Gasteiger partial charge < -0.3 is 14.6 Å². The molecular formula is C25H46NO7+. The normalized spacial score (nSPS) is 13.5. The summed E-state index contributed by atoms with van der Waals surface area (Å²) in [6.45, 7) is 3.27. The van der Waals surface area contributed by atoms with Crippen LogP contribution in [0.4, 0.5) is 0 Å². The second kappa shape index (κ2) is 18.5. The number of carbonyl (C=O) groups is 3. The molecule has 1 N–H and O–H groups in total. The lowest BCUT2D eigenvalue weighted by Crippen LogP contribution is -2.46. The topological polar surface area (TPSA) is 99.1 Å². The van der Waals surface area contributed by atoms with E-state index >= 15 is 0 Å². The number of hydrogen-bond acceptors (Lipinski definition) is 7. The predicted molar refractivity (Wildman–Crippen MR) is 127 cm³/mol. The first-order valence-corrected chi connectivity index (χ1v) is 12.2. The zero-order valence-corrected chi connectivity index (χ0v) is 21.3. The Morgan fingerprint density at radius 3 is 2.24 bits per heavy atom. The summed E-state index contributed by atoms with van der Waals surface area (Å²) in [7, 11) is 4.62. The molecule has 0 fully saturated rings. The van der Waals surface area contributed by atoms with Gasteiger partial charge in [-0.2, -0.15) is 0 Å². The van der Waals surface area contributed by atoms with Crippen LogP contribution in [0, 0.1) is 0 Å². The van der Waals surface area contributed by atoms with E-state index < -0.39 is 24.1 Å². The Kier molecular flexibility index (Phi) is 17.4. The number of allylic oxidation sites excluding steroid dienone is 1. The Balaban J connectivity index is 4.37. The molecule has 0 aliphatic rings. The maximum absolute atomic E-state index is 12.4. The molecule has 0 amide bonds. The van der Waals surface area contributed by atoms with E-state index in [1.165, 1.54) is 14.0 Å². The van der Waals surface area contributed by atoms with E-state index in [4.69, 9.17) is 9.57 Å². The maximum atomic E-state index is 12.4. The first kappa shape index (κ1) is 31.1. The third-order valence-corrected chi connectivity index (χ3v) is 5.21. The average molecular weight is 473 g/mol. The van der Waals surface area contributed by atoms with Crippen LogP contribution in [-0.4, -0.2) is 67.6 Å². The van der Waals surface area contributed by atoms with Gasteiger partial charge in [-0.15, -0.1) is 4.65 Å². The Morgan fingerprint density at radius 1 is 0.939 bits per heavy atom. The number of unbranched alkanes of at least 4 members (excludes halogenated alkanes) is 7. The van der Waals surface area contributed by atoms with Crippen molar-refractivity contribution >= 4 is 17.9 Å². The highest BCUT2D eigenvalue weighted by molar-refractivity contribution is 5.71. The summed E-state index contributed by atoms with van der Waals surface area (Å²) >= 11 is 0. The lowest BCUT2D eigenvalue weighted by atomic mass is 10.0. The monoisotopic (exact) mass is 472 g/mol. The number of methoxy groups -OCH3 is 1. The molecule has 33 heavy (non-hydrogen) atoms. The molecule has 2 unspecified atom stereocenters. The van der Waals surface area contributed by atoms with E-state index in [1.54, 1.807) is 14.1 Å². The number of carbonyl (C=O) groups excluding carboxylic acids is 3. The third kappa shape index (κ3) is 18.2. The van der Waals surface area contributed by atoms with Gasteiger partial charge in [0.05, 0.1) is 13.2 Å². The fourth-order valence-electron chi connectivity index (χ4n) is 3.49. The van der Waals surface area contributed by atoms with Crippen LogP contribution < -0.4 is 0 Å². The SMILES string of the molecule is CCCCCC(OC(=O)C[N+](C)(C)OC(C)=O)C(O)C/C=C\CCCCCCCC(=O)OC. The number of hydroxylamine groups is 3. The molecule has 0 aromatic heterocycles. The fourth-order valence-corrected chi connectivity index (χ4v) is 3.49. The van der Waals surface area contributed by atoms with Gasteiger partial charge in [0.1, 0.15) is 20.2 Å². The Bertz CT molecular complexity index is 589. The number of aliphatic hydroxyl groups is 1. The van der Waals surface area contributed by atoms with Gasteiger partial charge in [-0.05, 0) is 38.5 Å². The van der Waals surface area contributed by atoms with Crippen molar-refractivity contribution in [3.8, 4) is 0 Å². The molecule has 0 aliphatic heterocycles. The summed E-state index contributed by atoms with van der Waals surface area (Å²) in [6, 6.07) is 0. The first-order valence-electron chi connectivity index (χ1n) is 12.2. The van der Waals surface area contributed by atoms with Gasteiger partial charge >= 0.3 is 17.9 Å². The minimum absolute atomic E-state index is 0.119. The second-order valence-corrected chi connectivity index (χ2v) is 9.00. The van der Waals surface area contributed by atoms with Crippen LogP contribution >= 0.6 is 0 Å². The number of quaternary nitrogens is 1. The molecule has 8 nitrogen and oxygen atoms in total.